The third kappa shape index (κ3) is 3.36. The molecule has 1 amide bonds. The summed E-state index contributed by atoms with van der Waals surface area (Å²) in [6.45, 7) is 6.50. The summed E-state index contributed by atoms with van der Waals surface area (Å²) >= 11 is 1.94. The molecule has 0 bridgehead atoms. The minimum atomic E-state index is 0.211. The van der Waals surface area contributed by atoms with Gasteiger partial charge in [0, 0.05) is 30.5 Å². The molecule has 0 radical (unpaired) electrons. The first-order valence-corrected chi connectivity index (χ1v) is 7.54. The van der Waals surface area contributed by atoms with Crippen LogP contribution in [0.2, 0.25) is 0 Å². The summed E-state index contributed by atoms with van der Waals surface area (Å²) in [4.78, 5) is 14.3. The number of thioether (sulfide) groups is 1. The zero-order valence-corrected chi connectivity index (χ0v) is 11.5. The fraction of sp³-hybridized carbons (Fsp3) is 0.917. The Kier molecular flexibility index (Phi) is 4.70. The van der Waals surface area contributed by atoms with Crippen molar-refractivity contribution in [1.82, 2.24) is 10.2 Å². The van der Waals surface area contributed by atoms with Gasteiger partial charge in [-0.2, -0.15) is 11.8 Å². The quantitative estimate of drug-likeness (QED) is 0.792. The lowest BCUT2D eigenvalue weighted by atomic mass is 10.1. The van der Waals surface area contributed by atoms with Crippen molar-refractivity contribution >= 4 is 17.7 Å². The van der Waals surface area contributed by atoms with E-state index in [1.54, 1.807) is 0 Å². The molecule has 0 aromatic rings. The van der Waals surface area contributed by atoms with E-state index in [2.05, 4.69) is 19.2 Å². The van der Waals surface area contributed by atoms with Gasteiger partial charge >= 0.3 is 0 Å². The van der Waals surface area contributed by atoms with Crippen molar-refractivity contribution in [2.24, 2.45) is 0 Å². The molecule has 1 N–H and O–H groups in total. The molecule has 2 rings (SSSR count). The molecule has 2 saturated heterocycles. The maximum absolute atomic E-state index is 12.3. The predicted octanol–water partition coefficient (Wildman–Crippen LogP) is 0.717. The highest BCUT2D eigenvalue weighted by molar-refractivity contribution is 7.99. The zero-order valence-electron chi connectivity index (χ0n) is 10.6. The zero-order chi connectivity index (χ0) is 12.3. The van der Waals surface area contributed by atoms with E-state index < -0.39 is 0 Å². The van der Waals surface area contributed by atoms with Crippen LogP contribution in [-0.2, 0) is 9.53 Å². The molecule has 4 nitrogen and oxygen atoms in total. The van der Waals surface area contributed by atoms with Gasteiger partial charge < -0.3 is 15.0 Å². The van der Waals surface area contributed by atoms with E-state index in [0.29, 0.717) is 25.7 Å². The Hall–Kier alpha value is -0.260. The molecule has 0 aromatic heterocycles. The Morgan fingerprint density at radius 1 is 1.41 bits per heavy atom. The third-order valence-corrected chi connectivity index (χ3v) is 4.51. The van der Waals surface area contributed by atoms with E-state index in [-0.39, 0.29) is 18.0 Å². The second kappa shape index (κ2) is 6.07. The Morgan fingerprint density at radius 3 is 2.71 bits per heavy atom. The van der Waals surface area contributed by atoms with E-state index in [1.165, 1.54) is 0 Å². The van der Waals surface area contributed by atoms with Crippen LogP contribution in [-0.4, -0.2) is 60.2 Å². The van der Waals surface area contributed by atoms with Crippen LogP contribution in [0, 0.1) is 0 Å². The van der Waals surface area contributed by atoms with Crippen molar-refractivity contribution in [1.29, 1.82) is 0 Å². The Labute approximate surface area is 107 Å². The molecule has 2 fully saturated rings. The molecule has 0 aromatic carbocycles. The molecule has 2 aliphatic heterocycles. The third-order valence-electron chi connectivity index (χ3n) is 3.38. The molecule has 2 heterocycles. The molecule has 3 atom stereocenters. The van der Waals surface area contributed by atoms with Crippen LogP contribution in [0.3, 0.4) is 0 Å². The van der Waals surface area contributed by atoms with E-state index >= 15 is 0 Å². The minimum absolute atomic E-state index is 0.211. The highest BCUT2D eigenvalue weighted by Gasteiger charge is 2.31. The second-order valence-electron chi connectivity index (χ2n) is 4.97. The smallest absolute Gasteiger partial charge is 0.224 e. The highest BCUT2D eigenvalue weighted by Crippen LogP contribution is 2.17. The first-order chi connectivity index (χ1) is 8.18. The number of rotatable bonds is 2. The number of ether oxygens (including phenoxy) is 1. The summed E-state index contributed by atoms with van der Waals surface area (Å²) in [6, 6.07) is 0.772. The van der Waals surface area contributed by atoms with Crippen LogP contribution in [0.5, 0.6) is 0 Å². The van der Waals surface area contributed by atoms with Crippen LogP contribution < -0.4 is 5.32 Å². The van der Waals surface area contributed by atoms with Gasteiger partial charge in [-0.25, -0.2) is 0 Å². The molecule has 0 aliphatic carbocycles. The number of morpholine rings is 1. The van der Waals surface area contributed by atoms with Crippen molar-refractivity contribution < 1.29 is 9.53 Å². The van der Waals surface area contributed by atoms with E-state index in [1.807, 2.05) is 16.7 Å². The van der Waals surface area contributed by atoms with Crippen LogP contribution in [0.25, 0.3) is 0 Å². The summed E-state index contributed by atoms with van der Waals surface area (Å²) in [7, 11) is 0. The first kappa shape index (κ1) is 13.2. The highest BCUT2D eigenvalue weighted by atomic mass is 32.2. The standard InChI is InChI=1S/C12H22N2O2S/c1-9-6-16-7-10(2)14(9)12(15)5-11-8-17-4-3-13-11/h9-11,13H,3-8H2,1-2H3. The van der Waals surface area contributed by atoms with E-state index in [0.717, 1.165) is 18.1 Å². The topological polar surface area (TPSA) is 41.6 Å². The van der Waals surface area contributed by atoms with Gasteiger partial charge in [0.1, 0.15) is 0 Å². The molecular weight excluding hydrogens is 236 g/mol. The van der Waals surface area contributed by atoms with Gasteiger partial charge in [-0.3, -0.25) is 4.79 Å². The van der Waals surface area contributed by atoms with Gasteiger partial charge in [0.05, 0.1) is 25.3 Å². The number of nitrogens with one attached hydrogen (secondary N) is 1. The maximum atomic E-state index is 12.3. The van der Waals surface area contributed by atoms with Gasteiger partial charge in [0.25, 0.3) is 0 Å². The Bertz CT molecular complexity index is 259. The van der Waals surface area contributed by atoms with Crippen molar-refractivity contribution in [3.05, 3.63) is 0 Å². The van der Waals surface area contributed by atoms with Gasteiger partial charge in [-0.1, -0.05) is 0 Å². The normalized spacial score (nSPS) is 34.7. The lowest BCUT2D eigenvalue weighted by Gasteiger charge is -2.39. The number of hydrogen-bond acceptors (Lipinski definition) is 4. The Morgan fingerprint density at radius 2 is 2.12 bits per heavy atom. The largest absolute Gasteiger partial charge is 0.377 e. The van der Waals surface area contributed by atoms with Gasteiger partial charge in [0.15, 0.2) is 0 Å². The minimum Gasteiger partial charge on any atom is -0.377 e. The van der Waals surface area contributed by atoms with Crippen molar-refractivity contribution in [2.45, 2.75) is 38.4 Å². The Balaban J connectivity index is 1.88. The molecule has 5 heteroatoms. The second-order valence-corrected chi connectivity index (χ2v) is 6.12. The first-order valence-electron chi connectivity index (χ1n) is 6.38. The molecule has 2 aliphatic rings. The molecule has 3 unspecified atom stereocenters. The lowest BCUT2D eigenvalue weighted by molar-refractivity contribution is -0.144. The summed E-state index contributed by atoms with van der Waals surface area (Å²) in [5.74, 6) is 2.49. The number of hydrogen-bond donors (Lipinski definition) is 1. The fourth-order valence-corrected chi connectivity index (χ4v) is 3.51. The van der Waals surface area contributed by atoms with Crippen LogP contribution in [0.4, 0.5) is 0 Å². The average molecular weight is 258 g/mol. The summed E-state index contributed by atoms with van der Waals surface area (Å²) in [5, 5.41) is 3.42. The van der Waals surface area contributed by atoms with Gasteiger partial charge in [-0.15, -0.1) is 0 Å². The average Bonchev–Trinajstić information content (AvgIpc) is 2.30. The van der Waals surface area contributed by atoms with Crippen molar-refractivity contribution in [3.63, 3.8) is 0 Å². The summed E-state index contributed by atoms with van der Waals surface area (Å²) < 4.78 is 5.45. The van der Waals surface area contributed by atoms with Gasteiger partial charge in [0.2, 0.25) is 5.91 Å². The van der Waals surface area contributed by atoms with Crippen molar-refractivity contribution in [2.75, 3.05) is 31.3 Å². The van der Waals surface area contributed by atoms with Crippen LogP contribution >= 0.6 is 11.8 Å². The predicted molar refractivity (Wildman–Crippen MR) is 70.3 cm³/mol. The molecule has 0 spiro atoms. The summed E-state index contributed by atoms with van der Waals surface area (Å²) in [5.41, 5.74) is 0. The number of carbonyl (C=O) groups excluding carboxylic acids is 1. The molecular formula is C12H22N2O2S. The van der Waals surface area contributed by atoms with Crippen LogP contribution in [0.1, 0.15) is 20.3 Å². The number of carbonyl (C=O) groups is 1. The van der Waals surface area contributed by atoms with E-state index in [9.17, 15) is 4.79 Å². The van der Waals surface area contributed by atoms with Gasteiger partial charge in [-0.05, 0) is 13.8 Å². The fourth-order valence-electron chi connectivity index (χ4n) is 2.56. The molecule has 0 saturated carbocycles. The summed E-state index contributed by atoms with van der Waals surface area (Å²) in [6.07, 6.45) is 0.627. The SMILES string of the molecule is CC1COCC(C)N1C(=O)CC1CSCCN1. The number of amides is 1. The van der Waals surface area contributed by atoms with Crippen molar-refractivity contribution in [3.8, 4) is 0 Å². The van der Waals surface area contributed by atoms with Crippen LogP contribution in [0.15, 0.2) is 0 Å². The van der Waals surface area contributed by atoms with E-state index in [4.69, 9.17) is 4.74 Å². The molecule has 98 valence electrons. The lowest BCUT2D eigenvalue weighted by Crippen LogP contribution is -2.54. The molecule has 17 heavy (non-hydrogen) atoms. The monoisotopic (exact) mass is 258 g/mol. The number of nitrogens with zero attached hydrogens (tertiary/aromatic N) is 1. The maximum Gasteiger partial charge on any atom is 0.224 e.